The number of nitrogens with zero attached hydrogens (tertiary/aromatic N) is 2. The highest BCUT2D eigenvalue weighted by atomic mass is 35.5. The van der Waals surface area contributed by atoms with Crippen molar-refractivity contribution in [3.63, 3.8) is 0 Å². The molecule has 4 nitrogen and oxygen atoms in total. The number of imide groups is 1. The van der Waals surface area contributed by atoms with Crippen LogP contribution >= 0.6 is 11.6 Å². The molecule has 1 aliphatic heterocycles. The van der Waals surface area contributed by atoms with Crippen LogP contribution in [-0.2, 0) is 0 Å². The van der Waals surface area contributed by atoms with E-state index in [-0.39, 0.29) is 11.8 Å². The van der Waals surface area contributed by atoms with E-state index in [9.17, 15) is 9.59 Å². The smallest absolute Gasteiger partial charge is 0.261 e. The normalized spacial score (nSPS) is 14.2. The molecule has 0 N–H and O–H groups in total. The summed E-state index contributed by atoms with van der Waals surface area (Å²) in [5, 5.41) is 1.99. The van der Waals surface area contributed by atoms with Gasteiger partial charge in [0.05, 0.1) is 0 Å². The molecular formula is C18H19ClN2O2. The Bertz CT molecular complexity index is 762. The Morgan fingerprint density at radius 1 is 1.00 bits per heavy atom. The molecule has 2 aromatic rings. The first-order valence-corrected chi connectivity index (χ1v) is 8.26. The minimum absolute atomic E-state index is 0.234. The van der Waals surface area contributed by atoms with Crippen LogP contribution in [0.3, 0.4) is 0 Å². The Kier molecular flexibility index (Phi) is 4.37. The molecule has 5 heteroatoms. The summed E-state index contributed by atoms with van der Waals surface area (Å²) >= 11 is 6.21. The molecule has 23 heavy (non-hydrogen) atoms. The van der Waals surface area contributed by atoms with Crippen LogP contribution in [0, 0.1) is 0 Å². The van der Waals surface area contributed by atoms with Gasteiger partial charge in [0, 0.05) is 40.0 Å². The molecule has 0 spiro atoms. The molecular weight excluding hydrogens is 312 g/mol. The van der Waals surface area contributed by atoms with Crippen LogP contribution < -0.4 is 0 Å². The predicted molar refractivity (Wildman–Crippen MR) is 92.1 cm³/mol. The fraction of sp³-hybridized carbons (Fsp3) is 0.333. The molecule has 120 valence electrons. The molecule has 0 fully saturated rings. The number of likely N-dealkylation sites (N-methyl/N-ethyl adjacent to an activating group) is 1. The van der Waals surface area contributed by atoms with Crippen LogP contribution in [-0.4, -0.2) is 47.8 Å². The second-order valence-electron chi connectivity index (χ2n) is 5.61. The number of rotatable bonds is 5. The van der Waals surface area contributed by atoms with Gasteiger partial charge in [0.15, 0.2) is 0 Å². The van der Waals surface area contributed by atoms with Crippen molar-refractivity contribution in [1.82, 2.24) is 9.80 Å². The average molecular weight is 331 g/mol. The zero-order chi connectivity index (χ0) is 16.6. The fourth-order valence-electron chi connectivity index (χ4n) is 3.09. The number of hydrogen-bond acceptors (Lipinski definition) is 3. The molecule has 1 heterocycles. The Morgan fingerprint density at radius 3 is 2.30 bits per heavy atom. The third kappa shape index (κ3) is 2.62. The monoisotopic (exact) mass is 330 g/mol. The van der Waals surface area contributed by atoms with Gasteiger partial charge >= 0.3 is 0 Å². The van der Waals surface area contributed by atoms with Crippen molar-refractivity contribution in [2.24, 2.45) is 0 Å². The van der Waals surface area contributed by atoms with Crippen molar-refractivity contribution >= 4 is 34.2 Å². The second-order valence-corrected chi connectivity index (χ2v) is 6.02. The van der Waals surface area contributed by atoms with E-state index in [0.717, 1.165) is 18.5 Å². The van der Waals surface area contributed by atoms with Crippen molar-refractivity contribution in [2.75, 3.05) is 26.2 Å². The summed E-state index contributed by atoms with van der Waals surface area (Å²) in [5.41, 5.74) is 1.11. The molecule has 0 saturated heterocycles. The van der Waals surface area contributed by atoms with Crippen LogP contribution in [0.25, 0.3) is 10.8 Å². The summed E-state index contributed by atoms with van der Waals surface area (Å²) in [6, 6.07) is 8.86. The summed E-state index contributed by atoms with van der Waals surface area (Å²) in [4.78, 5) is 29.1. The highest BCUT2D eigenvalue weighted by Gasteiger charge is 2.32. The first kappa shape index (κ1) is 16.0. The van der Waals surface area contributed by atoms with Gasteiger partial charge in [0.25, 0.3) is 11.8 Å². The van der Waals surface area contributed by atoms with E-state index in [1.54, 1.807) is 18.2 Å². The number of benzene rings is 2. The lowest BCUT2D eigenvalue weighted by atomic mass is 9.94. The third-order valence-electron chi connectivity index (χ3n) is 4.47. The maximum absolute atomic E-state index is 12.8. The largest absolute Gasteiger partial charge is 0.302 e. The molecule has 3 rings (SSSR count). The van der Waals surface area contributed by atoms with Crippen LogP contribution in [0.15, 0.2) is 30.3 Å². The maximum Gasteiger partial charge on any atom is 0.261 e. The third-order valence-corrected chi connectivity index (χ3v) is 4.80. The van der Waals surface area contributed by atoms with E-state index < -0.39 is 0 Å². The van der Waals surface area contributed by atoms with E-state index in [2.05, 4.69) is 18.7 Å². The summed E-state index contributed by atoms with van der Waals surface area (Å²) in [6.07, 6.45) is 0. The van der Waals surface area contributed by atoms with Gasteiger partial charge in [-0.3, -0.25) is 14.5 Å². The number of hydrogen-bond donors (Lipinski definition) is 0. The van der Waals surface area contributed by atoms with Gasteiger partial charge in [0.1, 0.15) is 0 Å². The van der Waals surface area contributed by atoms with Gasteiger partial charge in [-0.25, -0.2) is 0 Å². The van der Waals surface area contributed by atoms with E-state index in [1.807, 2.05) is 12.1 Å². The van der Waals surface area contributed by atoms with Crippen molar-refractivity contribution in [3.05, 3.63) is 46.5 Å². The summed E-state index contributed by atoms with van der Waals surface area (Å²) < 4.78 is 0. The summed E-state index contributed by atoms with van der Waals surface area (Å²) in [6.45, 7) is 7.02. The quantitative estimate of drug-likeness (QED) is 0.789. The molecule has 0 aromatic heterocycles. The van der Waals surface area contributed by atoms with Crippen molar-refractivity contribution in [1.29, 1.82) is 0 Å². The predicted octanol–water partition coefficient (Wildman–Crippen LogP) is 3.43. The fourth-order valence-corrected chi connectivity index (χ4v) is 3.32. The minimum atomic E-state index is -0.234. The zero-order valence-corrected chi connectivity index (χ0v) is 14.1. The van der Waals surface area contributed by atoms with E-state index in [4.69, 9.17) is 11.6 Å². The van der Waals surface area contributed by atoms with Crippen LogP contribution in [0.4, 0.5) is 0 Å². The molecule has 0 saturated carbocycles. The standard InChI is InChI=1S/C18H19ClN2O2/c1-3-20(4-2)10-11-21-17(22)13-7-5-6-12-15(19)9-8-14(16(12)13)18(21)23/h5-9H,3-4,10-11H2,1-2H3. The van der Waals surface area contributed by atoms with Gasteiger partial charge < -0.3 is 4.90 Å². The molecule has 1 aliphatic rings. The van der Waals surface area contributed by atoms with Crippen LogP contribution in [0.2, 0.25) is 5.02 Å². The second kappa shape index (κ2) is 6.30. The van der Waals surface area contributed by atoms with Crippen molar-refractivity contribution in [2.45, 2.75) is 13.8 Å². The summed E-state index contributed by atoms with van der Waals surface area (Å²) in [5.74, 6) is -0.468. The first-order chi connectivity index (χ1) is 11.1. The van der Waals surface area contributed by atoms with Crippen LogP contribution in [0.1, 0.15) is 34.6 Å². The maximum atomic E-state index is 12.8. The molecule has 0 unspecified atom stereocenters. The Labute approximate surface area is 140 Å². The van der Waals surface area contributed by atoms with Gasteiger partial charge in [-0.2, -0.15) is 0 Å². The van der Waals surface area contributed by atoms with E-state index >= 15 is 0 Å². The number of halogens is 1. The van der Waals surface area contributed by atoms with Crippen molar-refractivity contribution in [3.8, 4) is 0 Å². The van der Waals surface area contributed by atoms with Gasteiger partial charge in [-0.15, -0.1) is 0 Å². The Morgan fingerprint density at radius 2 is 1.65 bits per heavy atom. The lowest BCUT2D eigenvalue weighted by Crippen LogP contribution is -2.44. The molecule has 0 bridgehead atoms. The van der Waals surface area contributed by atoms with Crippen molar-refractivity contribution < 1.29 is 9.59 Å². The average Bonchev–Trinajstić information content (AvgIpc) is 2.57. The van der Waals surface area contributed by atoms with Crippen LogP contribution in [0.5, 0.6) is 0 Å². The molecule has 2 amide bonds. The Hall–Kier alpha value is -1.91. The van der Waals surface area contributed by atoms with Gasteiger partial charge in [-0.05, 0) is 31.3 Å². The number of carbonyl (C=O) groups is 2. The molecule has 2 aromatic carbocycles. The zero-order valence-electron chi connectivity index (χ0n) is 13.3. The van der Waals surface area contributed by atoms with E-state index in [1.165, 1.54) is 4.90 Å². The molecule has 0 atom stereocenters. The van der Waals surface area contributed by atoms with E-state index in [0.29, 0.717) is 34.6 Å². The highest BCUT2D eigenvalue weighted by Crippen LogP contribution is 2.33. The SMILES string of the molecule is CCN(CC)CCN1C(=O)c2cccc3c(Cl)ccc(c23)C1=O. The highest BCUT2D eigenvalue weighted by molar-refractivity contribution is 6.38. The topological polar surface area (TPSA) is 40.6 Å². The number of amides is 2. The summed E-state index contributed by atoms with van der Waals surface area (Å²) in [7, 11) is 0. The van der Waals surface area contributed by atoms with Gasteiger partial charge in [0.2, 0.25) is 0 Å². The molecule has 0 radical (unpaired) electrons. The lowest BCUT2D eigenvalue weighted by Gasteiger charge is -2.29. The van der Waals surface area contributed by atoms with Gasteiger partial charge in [-0.1, -0.05) is 37.6 Å². The first-order valence-electron chi connectivity index (χ1n) is 7.88. The molecule has 0 aliphatic carbocycles. The number of carbonyl (C=O) groups excluding carboxylic acids is 2. The lowest BCUT2D eigenvalue weighted by molar-refractivity contribution is 0.0594. The Balaban J connectivity index is 2.01. The minimum Gasteiger partial charge on any atom is -0.302 e.